The molecule has 2 aliphatic heterocycles. The summed E-state index contributed by atoms with van der Waals surface area (Å²) in [6.45, 7) is 12.6. The van der Waals surface area contributed by atoms with Crippen LogP contribution in [0.1, 0.15) is 60.3 Å². The lowest BCUT2D eigenvalue weighted by Crippen LogP contribution is -2.05. The Kier molecular flexibility index (Phi) is 6.20. The Bertz CT molecular complexity index is 333. The Balaban J connectivity index is 2.30. The first-order chi connectivity index (χ1) is 8.97. The highest BCUT2D eigenvalue weighted by molar-refractivity contribution is 14.1. The zero-order valence-corrected chi connectivity index (χ0v) is 17.1. The Morgan fingerprint density at radius 1 is 0.842 bits per heavy atom. The second-order valence-corrected chi connectivity index (χ2v) is 13.7. The van der Waals surface area contributed by atoms with Gasteiger partial charge in [0.15, 0.2) is 0 Å². The van der Waals surface area contributed by atoms with Gasteiger partial charge in [-0.05, 0) is 65.9 Å². The van der Waals surface area contributed by atoms with Crippen molar-refractivity contribution in [3.8, 4) is 0 Å². The lowest BCUT2D eigenvalue weighted by Gasteiger charge is -2.31. The molecule has 2 heterocycles. The Hall–Kier alpha value is 1.33. The van der Waals surface area contributed by atoms with Crippen molar-refractivity contribution in [2.24, 2.45) is 0 Å². The van der Waals surface area contributed by atoms with Crippen LogP contribution in [0.5, 0.6) is 0 Å². The van der Waals surface area contributed by atoms with Gasteiger partial charge >= 0.3 is 0 Å². The van der Waals surface area contributed by atoms with E-state index < -0.39 is 0 Å². The van der Waals surface area contributed by atoms with E-state index in [1.54, 1.807) is 0 Å². The average Bonchev–Trinajstić information content (AvgIpc) is 2.86. The molecule has 2 aliphatic rings. The fraction of sp³-hybridized carbons (Fsp3) is 0.875. The molecule has 3 heteroatoms. The van der Waals surface area contributed by atoms with E-state index in [0.29, 0.717) is 0 Å². The van der Waals surface area contributed by atoms with Gasteiger partial charge < -0.3 is 0 Å². The SMILES string of the molecule is C/C(=C(\CI)P1[C@H](C)CC[C@H]1C)P1C(C)CC[C@H]1C. The van der Waals surface area contributed by atoms with Gasteiger partial charge in [0.2, 0.25) is 0 Å². The van der Waals surface area contributed by atoms with Gasteiger partial charge in [0.05, 0.1) is 0 Å². The topological polar surface area (TPSA) is 0 Å². The monoisotopic (exact) mass is 410 g/mol. The van der Waals surface area contributed by atoms with E-state index in [9.17, 15) is 0 Å². The van der Waals surface area contributed by atoms with E-state index in [1.807, 2.05) is 10.6 Å². The number of rotatable bonds is 3. The first-order valence-corrected chi connectivity index (χ1v) is 12.3. The molecule has 0 bridgehead atoms. The summed E-state index contributed by atoms with van der Waals surface area (Å²) >= 11 is 2.64. The number of halogens is 1. The van der Waals surface area contributed by atoms with Crippen molar-refractivity contribution in [3.05, 3.63) is 10.6 Å². The number of hydrogen-bond donors (Lipinski definition) is 0. The molecule has 0 spiro atoms. The maximum Gasteiger partial charge on any atom is 0.0254 e. The highest BCUT2D eigenvalue weighted by Gasteiger charge is 2.37. The van der Waals surface area contributed by atoms with Crippen molar-refractivity contribution in [2.45, 2.75) is 82.9 Å². The molecule has 0 saturated carbocycles. The molecule has 0 aromatic carbocycles. The van der Waals surface area contributed by atoms with Crippen LogP contribution in [0.2, 0.25) is 0 Å². The van der Waals surface area contributed by atoms with Gasteiger partial charge in [0.25, 0.3) is 0 Å². The lowest BCUT2D eigenvalue weighted by molar-refractivity contribution is 0.777. The number of allylic oxidation sites excluding steroid dienone is 2. The van der Waals surface area contributed by atoms with Gasteiger partial charge in [-0.15, -0.1) is 0 Å². The van der Waals surface area contributed by atoms with Gasteiger partial charge in [0, 0.05) is 4.43 Å². The summed E-state index contributed by atoms with van der Waals surface area (Å²) < 4.78 is 1.29. The first-order valence-electron chi connectivity index (χ1n) is 7.79. The maximum atomic E-state index is 2.64. The van der Waals surface area contributed by atoms with Crippen LogP contribution in [-0.2, 0) is 0 Å². The maximum absolute atomic E-state index is 2.64. The highest BCUT2D eigenvalue weighted by atomic mass is 127. The molecule has 0 N–H and O–H groups in total. The number of hydrogen-bond acceptors (Lipinski definition) is 0. The fourth-order valence-electron chi connectivity index (χ4n) is 4.08. The molecule has 0 nitrogen and oxygen atoms in total. The van der Waals surface area contributed by atoms with E-state index >= 15 is 0 Å². The van der Waals surface area contributed by atoms with Crippen LogP contribution in [-0.4, -0.2) is 27.1 Å². The van der Waals surface area contributed by atoms with Crippen LogP contribution in [0, 0.1) is 0 Å². The van der Waals surface area contributed by atoms with E-state index in [-0.39, 0.29) is 15.8 Å². The predicted octanol–water partition coefficient (Wildman–Crippen LogP) is 6.76. The average molecular weight is 410 g/mol. The Morgan fingerprint density at radius 2 is 1.21 bits per heavy atom. The van der Waals surface area contributed by atoms with E-state index in [1.165, 1.54) is 30.1 Å². The smallest absolute Gasteiger partial charge is 0.0254 e. The molecule has 0 aliphatic carbocycles. The normalized spacial score (nSPS) is 41.7. The van der Waals surface area contributed by atoms with Gasteiger partial charge in [0.1, 0.15) is 0 Å². The van der Waals surface area contributed by atoms with E-state index in [4.69, 9.17) is 0 Å². The molecule has 2 saturated heterocycles. The summed E-state index contributed by atoms with van der Waals surface area (Å²) in [6.07, 6.45) is 5.90. The molecule has 2 unspecified atom stereocenters. The van der Waals surface area contributed by atoms with Crippen molar-refractivity contribution in [1.82, 2.24) is 0 Å². The minimum absolute atomic E-state index is 0.163. The summed E-state index contributed by atoms with van der Waals surface area (Å²) in [4.78, 5) is 0. The molecule has 0 aromatic heterocycles. The summed E-state index contributed by atoms with van der Waals surface area (Å²) in [5, 5.41) is 3.79. The van der Waals surface area contributed by atoms with E-state index in [0.717, 1.165) is 22.6 Å². The van der Waals surface area contributed by atoms with Crippen molar-refractivity contribution in [3.63, 3.8) is 0 Å². The third kappa shape index (κ3) is 3.40. The second kappa shape index (κ2) is 7.06. The molecule has 0 amide bonds. The zero-order chi connectivity index (χ0) is 14.2. The zero-order valence-electron chi connectivity index (χ0n) is 13.1. The third-order valence-corrected chi connectivity index (χ3v) is 13.7. The van der Waals surface area contributed by atoms with Crippen molar-refractivity contribution in [2.75, 3.05) is 4.43 Å². The molecular formula is C16H29IP2. The minimum Gasteiger partial charge on any atom is -0.0811 e. The molecule has 2 rings (SSSR count). The van der Waals surface area contributed by atoms with Crippen molar-refractivity contribution in [1.29, 1.82) is 0 Å². The lowest BCUT2D eigenvalue weighted by atomic mass is 10.2. The van der Waals surface area contributed by atoms with Gasteiger partial charge in [-0.25, -0.2) is 0 Å². The molecular weight excluding hydrogens is 381 g/mol. The predicted molar refractivity (Wildman–Crippen MR) is 102 cm³/mol. The standard InChI is InChI=1S/C16H29IP2/c1-11-6-7-12(2)18(11)15(5)16(10-17)19-13(3)8-9-14(19)4/h11-14H,6-10H2,1-5H3/b16-15-/t11-,12?,13-,14-,18?/m1/s1. The van der Waals surface area contributed by atoms with Crippen molar-refractivity contribution >= 4 is 38.4 Å². The molecule has 5 atom stereocenters. The van der Waals surface area contributed by atoms with Gasteiger partial charge in [-0.2, -0.15) is 0 Å². The summed E-state index contributed by atoms with van der Waals surface area (Å²) in [7, 11) is 0.326. The highest BCUT2D eigenvalue weighted by Crippen LogP contribution is 2.68. The second-order valence-electron chi connectivity index (χ2n) is 6.53. The van der Waals surface area contributed by atoms with Gasteiger partial charge in [-0.1, -0.05) is 66.1 Å². The van der Waals surface area contributed by atoms with Crippen LogP contribution >= 0.6 is 38.4 Å². The van der Waals surface area contributed by atoms with Crippen LogP contribution in [0.3, 0.4) is 0 Å². The van der Waals surface area contributed by atoms with Crippen LogP contribution in [0.15, 0.2) is 10.6 Å². The van der Waals surface area contributed by atoms with Crippen LogP contribution in [0.4, 0.5) is 0 Å². The summed E-state index contributed by atoms with van der Waals surface area (Å²) in [5.41, 5.74) is 3.91. The summed E-state index contributed by atoms with van der Waals surface area (Å²) in [5.74, 6) is 0. The van der Waals surface area contributed by atoms with Crippen molar-refractivity contribution < 1.29 is 0 Å². The quantitative estimate of drug-likeness (QED) is 0.274. The van der Waals surface area contributed by atoms with E-state index in [2.05, 4.69) is 57.2 Å². The molecule has 0 aromatic rings. The van der Waals surface area contributed by atoms with Gasteiger partial charge in [-0.3, -0.25) is 0 Å². The largest absolute Gasteiger partial charge is 0.0811 e. The minimum atomic E-state index is 0.163. The fourth-order valence-corrected chi connectivity index (χ4v) is 13.6. The molecule has 0 radical (unpaired) electrons. The number of alkyl halides is 1. The Labute approximate surface area is 136 Å². The third-order valence-electron chi connectivity index (χ3n) is 5.15. The summed E-state index contributed by atoms with van der Waals surface area (Å²) in [6, 6.07) is 0. The first kappa shape index (κ1) is 16.7. The van der Waals surface area contributed by atoms with Crippen LogP contribution < -0.4 is 0 Å². The Morgan fingerprint density at radius 3 is 1.58 bits per heavy atom. The molecule has 19 heavy (non-hydrogen) atoms. The molecule has 110 valence electrons. The van der Waals surface area contributed by atoms with Crippen LogP contribution in [0.25, 0.3) is 0 Å². The molecule has 2 fully saturated rings.